The van der Waals surface area contributed by atoms with E-state index in [1.807, 2.05) is 6.92 Å². The van der Waals surface area contributed by atoms with Crippen LogP contribution < -0.4 is 9.47 Å². The standard InChI is InChI=1S/C24H25Cl2NO6/c1-4-5-6-9-27-20(13-7-8-18(32-2)17(28)12-13)19(22(30)24(27)31)21(29)14-10-15(25)23(33-3)16(26)11-14/h7-8,10-12,20,28-29H,4-6,9H2,1-3H3/b21-19+. The molecule has 7 nitrogen and oxygen atoms in total. The van der Waals surface area contributed by atoms with Crippen molar-refractivity contribution in [2.24, 2.45) is 0 Å². The average Bonchev–Trinajstić information content (AvgIpc) is 3.03. The van der Waals surface area contributed by atoms with Crippen molar-refractivity contribution in [3.05, 3.63) is 57.1 Å². The molecule has 1 unspecified atom stereocenters. The van der Waals surface area contributed by atoms with Crippen LogP contribution in [0.1, 0.15) is 43.4 Å². The maximum absolute atomic E-state index is 13.1. The number of methoxy groups -OCH3 is 2. The highest BCUT2D eigenvalue weighted by Crippen LogP contribution is 2.43. The molecule has 1 amide bonds. The third kappa shape index (κ3) is 4.75. The lowest BCUT2D eigenvalue weighted by molar-refractivity contribution is -0.139. The van der Waals surface area contributed by atoms with Gasteiger partial charge < -0.3 is 24.6 Å². The summed E-state index contributed by atoms with van der Waals surface area (Å²) in [7, 11) is 2.83. The van der Waals surface area contributed by atoms with E-state index in [2.05, 4.69) is 0 Å². The molecule has 9 heteroatoms. The lowest BCUT2D eigenvalue weighted by Gasteiger charge is -2.25. The average molecular weight is 494 g/mol. The lowest BCUT2D eigenvalue weighted by Crippen LogP contribution is -2.30. The Hall–Kier alpha value is -2.90. The number of ketones is 1. The number of carbonyl (C=O) groups is 2. The molecule has 0 bridgehead atoms. The number of amides is 1. The maximum Gasteiger partial charge on any atom is 0.295 e. The van der Waals surface area contributed by atoms with E-state index in [0.29, 0.717) is 18.5 Å². The second-order valence-corrected chi connectivity index (χ2v) is 8.42. The topological polar surface area (TPSA) is 96.3 Å². The van der Waals surface area contributed by atoms with Crippen LogP contribution in [0, 0.1) is 0 Å². The number of benzene rings is 2. The normalized spacial score (nSPS) is 17.5. The fourth-order valence-electron chi connectivity index (χ4n) is 3.91. The number of likely N-dealkylation sites (tertiary alicyclic amines) is 1. The van der Waals surface area contributed by atoms with E-state index in [1.54, 1.807) is 6.07 Å². The highest BCUT2D eigenvalue weighted by Gasteiger charge is 2.46. The largest absolute Gasteiger partial charge is 0.507 e. The molecule has 1 heterocycles. The number of aliphatic hydroxyl groups excluding tert-OH is 1. The Morgan fingerprint density at radius 3 is 2.27 bits per heavy atom. The highest BCUT2D eigenvalue weighted by atomic mass is 35.5. The first-order chi connectivity index (χ1) is 15.7. The van der Waals surface area contributed by atoms with Gasteiger partial charge in [0.15, 0.2) is 17.2 Å². The molecule has 1 aliphatic heterocycles. The predicted molar refractivity (Wildman–Crippen MR) is 126 cm³/mol. The van der Waals surface area contributed by atoms with Crippen molar-refractivity contribution in [3.8, 4) is 17.2 Å². The van der Waals surface area contributed by atoms with Crippen molar-refractivity contribution >= 4 is 40.7 Å². The quantitative estimate of drug-likeness (QED) is 0.223. The second-order valence-electron chi connectivity index (χ2n) is 7.60. The number of aromatic hydroxyl groups is 1. The summed E-state index contributed by atoms with van der Waals surface area (Å²) in [5.41, 5.74) is 0.509. The SMILES string of the molecule is CCCCCN1C(=O)C(=O)/C(=C(/O)c2cc(Cl)c(OC)c(Cl)c2)C1c1ccc(OC)c(O)c1. The molecule has 176 valence electrons. The van der Waals surface area contributed by atoms with Crippen LogP contribution in [-0.2, 0) is 9.59 Å². The number of nitrogens with zero attached hydrogens (tertiary/aromatic N) is 1. The third-order valence-electron chi connectivity index (χ3n) is 5.54. The number of phenols is 1. The Bertz CT molecular complexity index is 1090. The van der Waals surface area contributed by atoms with Gasteiger partial charge in [0.05, 0.1) is 35.9 Å². The number of hydrogen-bond donors (Lipinski definition) is 2. The van der Waals surface area contributed by atoms with Crippen LogP contribution in [-0.4, -0.2) is 47.6 Å². The zero-order chi connectivity index (χ0) is 24.3. The minimum atomic E-state index is -0.904. The van der Waals surface area contributed by atoms with Gasteiger partial charge in [-0.1, -0.05) is 49.0 Å². The summed E-state index contributed by atoms with van der Waals surface area (Å²) in [6.07, 6.45) is 2.48. The monoisotopic (exact) mass is 493 g/mol. The Kier molecular flexibility index (Phi) is 7.76. The van der Waals surface area contributed by atoms with Gasteiger partial charge in [0.1, 0.15) is 5.76 Å². The maximum atomic E-state index is 13.1. The molecule has 1 fully saturated rings. The van der Waals surface area contributed by atoms with Gasteiger partial charge in [0.25, 0.3) is 11.7 Å². The van der Waals surface area contributed by atoms with Crippen LogP contribution in [0.5, 0.6) is 17.2 Å². The number of aliphatic hydroxyl groups is 1. The number of Topliss-reactive ketones (excluding diaryl/α,β-unsaturated/α-hetero) is 1. The zero-order valence-corrected chi connectivity index (χ0v) is 20.0. The van der Waals surface area contributed by atoms with E-state index in [4.69, 9.17) is 32.7 Å². The van der Waals surface area contributed by atoms with Gasteiger partial charge in [-0.05, 0) is 36.2 Å². The fourth-order valence-corrected chi connectivity index (χ4v) is 4.55. The summed E-state index contributed by atoms with van der Waals surface area (Å²) >= 11 is 12.4. The van der Waals surface area contributed by atoms with Crippen molar-refractivity contribution < 1.29 is 29.3 Å². The molecule has 1 aliphatic rings. The van der Waals surface area contributed by atoms with Gasteiger partial charge in [-0.15, -0.1) is 0 Å². The number of carbonyl (C=O) groups excluding carboxylic acids is 2. The molecular formula is C24H25Cl2NO6. The van der Waals surface area contributed by atoms with Crippen molar-refractivity contribution in [2.75, 3.05) is 20.8 Å². The molecule has 0 spiro atoms. The molecule has 1 atom stereocenters. The Morgan fingerprint density at radius 2 is 1.73 bits per heavy atom. The van der Waals surface area contributed by atoms with Gasteiger partial charge in [-0.2, -0.15) is 0 Å². The zero-order valence-electron chi connectivity index (χ0n) is 18.5. The number of halogens is 2. The highest BCUT2D eigenvalue weighted by molar-refractivity contribution is 6.46. The van der Waals surface area contributed by atoms with E-state index in [9.17, 15) is 19.8 Å². The summed E-state index contributed by atoms with van der Waals surface area (Å²) in [5.74, 6) is -1.64. The van der Waals surface area contributed by atoms with Crippen LogP contribution in [0.3, 0.4) is 0 Å². The summed E-state index contributed by atoms with van der Waals surface area (Å²) < 4.78 is 10.2. The van der Waals surface area contributed by atoms with Crippen molar-refractivity contribution in [2.45, 2.75) is 32.2 Å². The van der Waals surface area contributed by atoms with Gasteiger partial charge in [0, 0.05) is 12.1 Å². The van der Waals surface area contributed by atoms with Gasteiger partial charge in [-0.25, -0.2) is 0 Å². The number of rotatable bonds is 8. The Balaban J connectivity index is 2.19. The molecule has 2 aromatic carbocycles. The number of unbranched alkanes of at least 4 members (excludes halogenated alkanes) is 2. The third-order valence-corrected chi connectivity index (χ3v) is 6.10. The van der Waals surface area contributed by atoms with Crippen molar-refractivity contribution in [3.63, 3.8) is 0 Å². The van der Waals surface area contributed by atoms with Crippen LogP contribution >= 0.6 is 23.2 Å². The van der Waals surface area contributed by atoms with Crippen LogP contribution in [0.4, 0.5) is 0 Å². The fraction of sp³-hybridized carbons (Fsp3) is 0.333. The van der Waals surface area contributed by atoms with Crippen LogP contribution in [0.15, 0.2) is 35.9 Å². The molecule has 0 saturated carbocycles. The molecule has 0 radical (unpaired) electrons. The molecule has 1 saturated heterocycles. The molecule has 0 aromatic heterocycles. The Labute approximate surface area is 202 Å². The first-order valence-electron chi connectivity index (χ1n) is 10.4. The lowest BCUT2D eigenvalue weighted by atomic mass is 9.95. The number of ether oxygens (including phenoxy) is 2. The van der Waals surface area contributed by atoms with E-state index < -0.39 is 23.5 Å². The predicted octanol–water partition coefficient (Wildman–Crippen LogP) is 5.33. The van der Waals surface area contributed by atoms with E-state index in [0.717, 1.165) is 12.8 Å². The molecule has 2 N–H and O–H groups in total. The minimum Gasteiger partial charge on any atom is -0.507 e. The van der Waals surface area contributed by atoms with E-state index >= 15 is 0 Å². The first-order valence-corrected chi connectivity index (χ1v) is 11.2. The molecule has 2 aromatic rings. The second kappa shape index (κ2) is 10.4. The van der Waals surface area contributed by atoms with Crippen LogP contribution in [0.25, 0.3) is 5.76 Å². The van der Waals surface area contributed by atoms with E-state index in [1.165, 1.54) is 43.4 Å². The smallest absolute Gasteiger partial charge is 0.295 e. The van der Waals surface area contributed by atoms with Gasteiger partial charge in [-0.3, -0.25) is 9.59 Å². The summed E-state index contributed by atoms with van der Waals surface area (Å²) in [5, 5.41) is 21.7. The first kappa shape index (κ1) is 24.7. The van der Waals surface area contributed by atoms with Gasteiger partial charge in [0.2, 0.25) is 0 Å². The Morgan fingerprint density at radius 1 is 1.06 bits per heavy atom. The molecule has 0 aliphatic carbocycles. The minimum absolute atomic E-state index is 0.113. The summed E-state index contributed by atoms with van der Waals surface area (Å²) in [6.45, 7) is 2.35. The summed E-state index contributed by atoms with van der Waals surface area (Å²) in [6, 6.07) is 6.52. The molecular weight excluding hydrogens is 469 g/mol. The van der Waals surface area contributed by atoms with E-state index in [-0.39, 0.29) is 38.4 Å². The van der Waals surface area contributed by atoms with Crippen molar-refractivity contribution in [1.82, 2.24) is 4.90 Å². The summed E-state index contributed by atoms with van der Waals surface area (Å²) in [4.78, 5) is 27.4. The number of phenolic OH excluding ortho intramolecular Hbond substituents is 1. The van der Waals surface area contributed by atoms with Crippen LogP contribution in [0.2, 0.25) is 10.0 Å². The molecule has 33 heavy (non-hydrogen) atoms. The number of hydrogen-bond acceptors (Lipinski definition) is 6. The molecule has 3 rings (SSSR count). The van der Waals surface area contributed by atoms with Gasteiger partial charge >= 0.3 is 0 Å². The van der Waals surface area contributed by atoms with Crippen molar-refractivity contribution in [1.29, 1.82) is 0 Å².